The van der Waals surface area contributed by atoms with E-state index in [1.807, 2.05) is 12.1 Å². The zero-order chi connectivity index (χ0) is 23.0. The van der Waals surface area contributed by atoms with Crippen LogP contribution in [0, 0.1) is 12.1 Å². The van der Waals surface area contributed by atoms with E-state index in [1.54, 1.807) is 6.04 Å². The topological polar surface area (TPSA) is 0 Å². The Balaban J connectivity index is 0.000000189. The van der Waals surface area contributed by atoms with Gasteiger partial charge in [0.25, 0.3) is 0 Å². The minimum Gasteiger partial charge on any atom is -1.00 e. The van der Waals surface area contributed by atoms with Gasteiger partial charge in [-0.1, -0.05) is 70.8 Å². The predicted molar refractivity (Wildman–Crippen MR) is 138 cm³/mol. The molecule has 0 nitrogen and oxygen atoms in total. The molecule has 0 N–H and O–H groups in total. The van der Waals surface area contributed by atoms with E-state index in [4.69, 9.17) is 0 Å². The molecule has 0 saturated carbocycles. The molecule has 6 rings (SSSR count). The van der Waals surface area contributed by atoms with Crippen molar-refractivity contribution in [3.05, 3.63) is 119 Å². The standard InChI is InChI=1S/2C13H9.C5H12Si.2ClH.Hf/c2*1-3-7-12-10(5-1)9-11-6-2-4-8-13(11)12;1-3-4-5-6-2;;;/h2*1-5,7-8H,9H2;3-5H2,1-2H3;2*1H;/q2*-1;;;;+2/p-2. The van der Waals surface area contributed by atoms with Crippen LogP contribution in [0.2, 0.25) is 12.6 Å². The second kappa shape index (κ2) is 15.0. The Hall–Kier alpha value is -1.45. The summed E-state index contributed by atoms with van der Waals surface area (Å²) in [5.74, 6) is 0. The van der Waals surface area contributed by atoms with Gasteiger partial charge >= 0.3 is 60.9 Å². The van der Waals surface area contributed by atoms with Gasteiger partial charge < -0.3 is 24.8 Å². The van der Waals surface area contributed by atoms with Crippen molar-refractivity contribution in [3.63, 3.8) is 0 Å². The van der Waals surface area contributed by atoms with Gasteiger partial charge in [0, 0.05) is 0 Å². The van der Waals surface area contributed by atoms with Gasteiger partial charge in [-0.2, -0.15) is 59.7 Å². The first-order valence-electron chi connectivity index (χ1n) is 11.9. The maximum Gasteiger partial charge on any atom is -0.0253 e. The predicted octanol–water partition coefficient (Wildman–Crippen LogP) is 2.08. The van der Waals surface area contributed by atoms with Crippen LogP contribution in [-0.4, -0.2) is 5.49 Å². The fourth-order valence-electron chi connectivity index (χ4n) is 4.44. The summed E-state index contributed by atoms with van der Waals surface area (Å²) in [6.45, 7) is 4.71. The zero-order valence-electron chi connectivity index (χ0n) is 20.4. The van der Waals surface area contributed by atoms with E-state index in [-0.39, 0.29) is 30.3 Å². The number of rotatable bonds is 3. The Kier molecular flexibility index (Phi) is 12.7. The zero-order valence-corrected chi connectivity index (χ0v) is 26.5. The van der Waals surface area contributed by atoms with Crippen molar-refractivity contribution in [1.29, 1.82) is 0 Å². The SMILES string of the molecule is CCCC[Si](C)=[Hf+2].[Cl-].[Cl-].[c-]1cccc2c1Cc1ccccc1-2.[c-]1cccc2c1Cc1ccccc1-2. The van der Waals surface area contributed by atoms with Crippen molar-refractivity contribution in [2.24, 2.45) is 0 Å². The van der Waals surface area contributed by atoms with Gasteiger partial charge in [-0.15, -0.1) is 11.1 Å². The normalized spacial score (nSPS) is 11.0. The Morgan fingerprint density at radius 3 is 1.51 bits per heavy atom. The molecule has 0 bridgehead atoms. The second-order valence-electron chi connectivity index (χ2n) is 8.68. The minimum atomic E-state index is 0. The number of fused-ring (bicyclic) bond motifs is 6. The molecule has 0 aromatic heterocycles. The molecule has 178 valence electrons. The molecule has 0 aliphatic heterocycles. The summed E-state index contributed by atoms with van der Waals surface area (Å²) in [7, 11) is 0. The van der Waals surface area contributed by atoms with Crippen molar-refractivity contribution in [2.75, 3.05) is 0 Å². The quantitative estimate of drug-likeness (QED) is 0.199. The molecule has 2 aliphatic carbocycles. The van der Waals surface area contributed by atoms with E-state index < -0.39 is 0 Å². The van der Waals surface area contributed by atoms with Gasteiger partial charge in [-0.3, -0.25) is 0 Å². The molecule has 4 aromatic carbocycles. The molecule has 0 saturated heterocycles. The van der Waals surface area contributed by atoms with E-state index in [2.05, 4.69) is 98.4 Å². The van der Waals surface area contributed by atoms with Crippen LogP contribution in [0.15, 0.2) is 84.9 Å². The number of unbranched alkanes of at least 4 members (excludes halogenated alkanes) is 1. The monoisotopic (exact) mass is 680 g/mol. The van der Waals surface area contributed by atoms with E-state index in [0.717, 1.165) is 12.8 Å². The fraction of sp³-hybridized carbons (Fsp3) is 0.226. The van der Waals surface area contributed by atoms with Gasteiger partial charge in [0.1, 0.15) is 0 Å². The molecule has 0 amide bonds. The summed E-state index contributed by atoms with van der Waals surface area (Å²) in [4.78, 5) is 0. The van der Waals surface area contributed by atoms with Gasteiger partial charge in [-0.05, 0) is 12.8 Å². The molecule has 4 heteroatoms. The molecule has 0 fully saturated rings. The summed E-state index contributed by atoms with van der Waals surface area (Å²) in [5, 5.41) is 0. The van der Waals surface area contributed by atoms with Crippen LogP contribution in [0.3, 0.4) is 0 Å². The molecule has 2 aliphatic rings. The van der Waals surface area contributed by atoms with Crippen molar-refractivity contribution in [2.45, 2.75) is 45.2 Å². The Bertz CT molecular complexity index is 1080. The third kappa shape index (κ3) is 7.76. The number of benzene rings is 4. The number of halogens is 2. The van der Waals surface area contributed by atoms with Crippen molar-refractivity contribution < 1.29 is 47.8 Å². The van der Waals surface area contributed by atoms with E-state index in [0.29, 0.717) is 0 Å². The van der Waals surface area contributed by atoms with E-state index >= 15 is 0 Å². The smallest absolute Gasteiger partial charge is 0.0253 e. The molecular weight excluding hydrogens is 650 g/mol. The first kappa shape index (κ1) is 29.8. The Morgan fingerprint density at radius 2 is 1.11 bits per heavy atom. The van der Waals surface area contributed by atoms with Crippen LogP contribution in [-0.2, 0) is 35.8 Å². The van der Waals surface area contributed by atoms with Crippen molar-refractivity contribution >= 4 is 5.49 Å². The largest absolute Gasteiger partial charge is 1.00 e. The molecule has 0 atom stereocenters. The molecule has 0 unspecified atom stereocenters. The van der Waals surface area contributed by atoms with Gasteiger partial charge in [0.15, 0.2) is 0 Å². The Labute approximate surface area is 238 Å². The number of hydrogen-bond acceptors (Lipinski definition) is 0. The van der Waals surface area contributed by atoms with Crippen LogP contribution < -0.4 is 24.8 Å². The van der Waals surface area contributed by atoms with Crippen LogP contribution in [0.5, 0.6) is 0 Å². The molecule has 0 spiro atoms. The Morgan fingerprint density at radius 1 is 0.686 bits per heavy atom. The first-order valence-corrected chi connectivity index (χ1v) is 19.5. The minimum absolute atomic E-state index is 0. The van der Waals surface area contributed by atoms with Crippen LogP contribution in [0.4, 0.5) is 0 Å². The van der Waals surface area contributed by atoms with Crippen molar-refractivity contribution in [1.82, 2.24) is 0 Å². The molecular formula is C31H30Cl2HfSi-2. The fourth-order valence-corrected chi connectivity index (χ4v) is 7.23. The third-order valence-corrected chi connectivity index (χ3v) is 9.94. The number of hydrogen-bond donors (Lipinski definition) is 0. The van der Waals surface area contributed by atoms with Gasteiger partial charge in [0.05, 0.1) is 0 Å². The van der Waals surface area contributed by atoms with Gasteiger partial charge in [0.2, 0.25) is 0 Å². The van der Waals surface area contributed by atoms with Crippen LogP contribution in [0.25, 0.3) is 22.3 Å². The molecule has 0 radical (unpaired) electrons. The third-order valence-electron chi connectivity index (χ3n) is 6.14. The second-order valence-corrected chi connectivity index (χ2v) is 19.9. The summed E-state index contributed by atoms with van der Waals surface area (Å²) < 4.78 is 0. The summed E-state index contributed by atoms with van der Waals surface area (Å²) in [6.07, 6.45) is 4.97. The van der Waals surface area contributed by atoms with E-state index in [1.165, 1.54) is 80.3 Å². The average molecular weight is 680 g/mol. The summed E-state index contributed by atoms with van der Waals surface area (Å²) in [5.41, 5.74) is 11.3. The molecule has 35 heavy (non-hydrogen) atoms. The van der Waals surface area contributed by atoms with Crippen molar-refractivity contribution in [3.8, 4) is 22.3 Å². The summed E-state index contributed by atoms with van der Waals surface area (Å²) in [6, 6.07) is 37.8. The summed E-state index contributed by atoms with van der Waals surface area (Å²) >= 11 is 1.49. The molecule has 4 aromatic rings. The van der Waals surface area contributed by atoms with Crippen LogP contribution in [0.1, 0.15) is 42.0 Å². The molecule has 0 heterocycles. The van der Waals surface area contributed by atoms with Crippen LogP contribution >= 0.6 is 0 Å². The first-order chi connectivity index (χ1) is 16.2. The van der Waals surface area contributed by atoms with Gasteiger partial charge in [-0.25, -0.2) is 0 Å². The van der Waals surface area contributed by atoms with E-state index in [9.17, 15) is 0 Å². The maximum absolute atomic E-state index is 3.30. The average Bonchev–Trinajstić information content (AvgIpc) is 3.42. The maximum atomic E-state index is 3.30.